The normalized spacial score (nSPS) is 30.7. The van der Waals surface area contributed by atoms with E-state index in [1.165, 1.54) is 26.8 Å². The van der Waals surface area contributed by atoms with Crippen molar-refractivity contribution in [2.24, 2.45) is 0 Å². The van der Waals surface area contributed by atoms with Crippen molar-refractivity contribution in [1.29, 1.82) is 0 Å². The topological polar surface area (TPSA) is 53.0 Å². The van der Waals surface area contributed by atoms with E-state index in [1.807, 2.05) is 0 Å². The quantitative estimate of drug-likeness (QED) is 0.624. The summed E-state index contributed by atoms with van der Waals surface area (Å²) < 4.78 is 5.54. The number of aliphatic hydroxyl groups is 2. The first kappa shape index (κ1) is 12.1. The van der Waals surface area contributed by atoms with Gasteiger partial charge in [-0.2, -0.15) is 0 Å². The molecule has 0 saturated carbocycles. The van der Waals surface area contributed by atoms with Crippen LogP contribution in [0.15, 0.2) is 53.8 Å². The molecule has 3 aromatic rings. The van der Waals surface area contributed by atoms with Gasteiger partial charge in [-0.1, -0.05) is 42.5 Å². The molecule has 3 nitrogen and oxygen atoms in total. The lowest BCUT2D eigenvalue weighted by Crippen LogP contribution is -2.40. The molecule has 0 spiro atoms. The first-order valence-electron chi connectivity index (χ1n) is 7.96. The van der Waals surface area contributed by atoms with Gasteiger partial charge in [-0.05, 0) is 38.4 Å². The standard InChI is InChI=1S/C20H14O3/c21-17-16-12-7-6-10-3-1-2-9-4-5-11(15(12)14(9)10)8-13(16)19-20(23-19)18(17)22/h1-8,16-18,20-22H. The molecule has 0 aromatic heterocycles. The van der Waals surface area contributed by atoms with Crippen LogP contribution in [0, 0.1) is 0 Å². The minimum absolute atomic E-state index is 0.207. The second kappa shape index (κ2) is 3.75. The molecule has 3 aromatic carbocycles. The molecule has 1 heterocycles. The van der Waals surface area contributed by atoms with Crippen molar-refractivity contribution in [3.8, 4) is 0 Å². The van der Waals surface area contributed by atoms with Crippen molar-refractivity contribution >= 4 is 27.6 Å². The van der Waals surface area contributed by atoms with Crippen LogP contribution in [0.5, 0.6) is 0 Å². The van der Waals surface area contributed by atoms with E-state index in [4.69, 9.17) is 4.74 Å². The van der Waals surface area contributed by atoms with E-state index in [1.54, 1.807) is 0 Å². The Morgan fingerprint density at radius 3 is 2.43 bits per heavy atom. The van der Waals surface area contributed by atoms with Crippen LogP contribution in [0.25, 0.3) is 27.6 Å². The lowest BCUT2D eigenvalue weighted by molar-refractivity contribution is -0.00626. The van der Waals surface area contributed by atoms with Gasteiger partial charge >= 0.3 is 0 Å². The Bertz CT molecular complexity index is 1080. The van der Waals surface area contributed by atoms with Gasteiger partial charge in [-0.25, -0.2) is 0 Å². The van der Waals surface area contributed by atoms with Crippen LogP contribution in [0.3, 0.4) is 0 Å². The Morgan fingerprint density at radius 1 is 0.826 bits per heavy atom. The minimum Gasteiger partial charge on any atom is -0.480 e. The number of hydrogen-bond donors (Lipinski definition) is 2. The van der Waals surface area contributed by atoms with E-state index in [2.05, 4.69) is 48.5 Å². The highest BCUT2D eigenvalue weighted by Gasteiger charge is 2.54. The third-order valence-electron chi connectivity index (χ3n) is 5.56. The number of benzene rings is 3. The van der Waals surface area contributed by atoms with Crippen molar-refractivity contribution in [1.82, 2.24) is 0 Å². The molecule has 4 unspecified atom stereocenters. The van der Waals surface area contributed by atoms with E-state index >= 15 is 0 Å². The Morgan fingerprint density at radius 2 is 1.61 bits per heavy atom. The van der Waals surface area contributed by atoms with Gasteiger partial charge in [0.05, 0.1) is 6.10 Å². The Balaban J connectivity index is 1.82. The van der Waals surface area contributed by atoms with Crippen LogP contribution in [0.4, 0.5) is 0 Å². The third-order valence-corrected chi connectivity index (χ3v) is 5.56. The molecule has 1 saturated heterocycles. The van der Waals surface area contributed by atoms with Gasteiger partial charge in [-0.15, -0.1) is 0 Å². The summed E-state index contributed by atoms with van der Waals surface area (Å²) in [5, 5.41) is 26.9. The highest BCUT2D eigenvalue weighted by atomic mass is 16.6. The van der Waals surface area contributed by atoms with Crippen molar-refractivity contribution in [3.05, 3.63) is 64.6 Å². The zero-order chi connectivity index (χ0) is 15.3. The van der Waals surface area contributed by atoms with Gasteiger partial charge in [0.25, 0.3) is 0 Å². The fraction of sp³-hybridized carbons (Fsp3) is 0.200. The average Bonchev–Trinajstić information content (AvgIpc) is 3.38. The Labute approximate surface area is 132 Å². The van der Waals surface area contributed by atoms with Crippen LogP contribution in [-0.4, -0.2) is 28.5 Å². The lowest BCUT2D eigenvalue weighted by Gasteiger charge is -2.32. The summed E-state index contributed by atoms with van der Waals surface area (Å²) in [7, 11) is 0. The molecule has 0 amide bonds. The molecule has 3 heteroatoms. The van der Waals surface area contributed by atoms with E-state index in [0.717, 1.165) is 16.9 Å². The number of ether oxygens (including phenoxy) is 1. The summed E-state index contributed by atoms with van der Waals surface area (Å²) in [5.74, 6) is 0.639. The van der Waals surface area contributed by atoms with Gasteiger partial charge in [0.15, 0.2) is 6.10 Å². The summed E-state index contributed by atoms with van der Waals surface area (Å²) in [6.07, 6.45) is 0.138. The van der Waals surface area contributed by atoms with Gasteiger partial charge < -0.3 is 14.9 Å². The zero-order valence-electron chi connectivity index (χ0n) is 12.2. The van der Waals surface area contributed by atoms with Crippen LogP contribution in [0.1, 0.15) is 11.5 Å². The molecule has 4 atom stereocenters. The fourth-order valence-corrected chi connectivity index (χ4v) is 4.47. The predicted octanol–water partition coefficient (Wildman–Crippen LogP) is 1.98. The maximum absolute atomic E-state index is 10.7. The van der Waals surface area contributed by atoms with Gasteiger partial charge in [0, 0.05) is 11.5 Å². The number of fused-ring (bicyclic) bond motifs is 3. The zero-order valence-corrected chi connectivity index (χ0v) is 12.2. The summed E-state index contributed by atoms with van der Waals surface area (Å²) in [6, 6.07) is 14.8. The first-order chi connectivity index (χ1) is 11.2. The monoisotopic (exact) mass is 302 g/mol. The van der Waals surface area contributed by atoms with Crippen molar-refractivity contribution in [2.75, 3.05) is 0 Å². The van der Waals surface area contributed by atoms with Crippen LogP contribution in [0.2, 0.25) is 0 Å². The SMILES string of the molecule is OC1C2OC2=C2C=c3ccc4cccc5ccc(c3c54)C2C1O. The summed E-state index contributed by atoms with van der Waals surface area (Å²) in [5.41, 5.74) is 2.12. The van der Waals surface area contributed by atoms with E-state index < -0.39 is 12.2 Å². The molecule has 2 N–H and O–H groups in total. The number of epoxide rings is 1. The molecule has 23 heavy (non-hydrogen) atoms. The van der Waals surface area contributed by atoms with Crippen LogP contribution < -0.4 is 5.22 Å². The number of rotatable bonds is 0. The molecule has 1 fully saturated rings. The smallest absolute Gasteiger partial charge is 0.184 e. The van der Waals surface area contributed by atoms with Gasteiger partial charge in [0.1, 0.15) is 11.9 Å². The van der Waals surface area contributed by atoms with E-state index in [9.17, 15) is 10.2 Å². The van der Waals surface area contributed by atoms with Gasteiger partial charge in [0.2, 0.25) is 0 Å². The largest absolute Gasteiger partial charge is 0.480 e. The highest BCUT2D eigenvalue weighted by Crippen LogP contribution is 2.50. The third kappa shape index (κ3) is 1.34. The average molecular weight is 302 g/mol. The molecule has 2 aliphatic carbocycles. The molecule has 3 aliphatic rings. The Kier molecular flexibility index (Phi) is 1.98. The number of aliphatic hydroxyl groups excluding tert-OH is 2. The second-order valence-electron chi connectivity index (χ2n) is 6.73. The van der Waals surface area contributed by atoms with Crippen LogP contribution >= 0.6 is 0 Å². The highest BCUT2D eigenvalue weighted by molar-refractivity contribution is 6.12. The second-order valence-corrected chi connectivity index (χ2v) is 6.73. The van der Waals surface area contributed by atoms with E-state index in [0.29, 0.717) is 0 Å². The maximum Gasteiger partial charge on any atom is 0.184 e. The minimum atomic E-state index is -0.842. The molecular formula is C20H14O3. The fourth-order valence-electron chi connectivity index (χ4n) is 4.47. The lowest BCUT2D eigenvalue weighted by atomic mass is 9.73. The summed E-state index contributed by atoms with van der Waals surface area (Å²) in [4.78, 5) is 0. The number of hydrogen-bond acceptors (Lipinski definition) is 3. The molecule has 0 bridgehead atoms. The van der Waals surface area contributed by atoms with E-state index in [-0.39, 0.29) is 12.0 Å². The summed E-state index contributed by atoms with van der Waals surface area (Å²) >= 11 is 0. The van der Waals surface area contributed by atoms with Crippen molar-refractivity contribution in [2.45, 2.75) is 24.2 Å². The van der Waals surface area contributed by atoms with Crippen molar-refractivity contribution < 1.29 is 14.9 Å². The van der Waals surface area contributed by atoms with Crippen molar-refractivity contribution in [3.63, 3.8) is 0 Å². The molecule has 0 radical (unpaired) electrons. The molecule has 1 aliphatic heterocycles. The molecular weight excluding hydrogens is 288 g/mol. The Hall–Kier alpha value is -2.36. The molecule has 112 valence electrons. The summed E-state index contributed by atoms with van der Waals surface area (Å²) in [6.45, 7) is 0. The van der Waals surface area contributed by atoms with Crippen LogP contribution in [-0.2, 0) is 4.74 Å². The first-order valence-corrected chi connectivity index (χ1v) is 7.96. The van der Waals surface area contributed by atoms with Gasteiger partial charge in [-0.3, -0.25) is 0 Å². The molecule has 6 rings (SSSR count). The maximum atomic E-state index is 10.7. The predicted molar refractivity (Wildman–Crippen MR) is 87.8 cm³/mol.